The molecule has 0 bridgehead atoms. The van der Waals surface area contributed by atoms with Crippen LogP contribution in [0, 0.1) is 5.92 Å². The lowest BCUT2D eigenvalue weighted by molar-refractivity contribution is -0.157. The predicted molar refractivity (Wildman–Crippen MR) is 101 cm³/mol. The standard InChI is InChI=1S/C21H30N2O2/c1-21(2,3)25-20(24)19(22)18(14-9-5-4-6-10-14)16-13-23-17-12-8-7-11-15(16)17/h7-8,11-14,18-19,23H,4-6,9-10,22H2,1-3H3/t18-,19+/m0/s1. The van der Waals surface area contributed by atoms with Crippen molar-refractivity contribution in [3.05, 3.63) is 36.0 Å². The largest absolute Gasteiger partial charge is 0.459 e. The highest BCUT2D eigenvalue weighted by molar-refractivity contribution is 5.85. The van der Waals surface area contributed by atoms with Gasteiger partial charge in [0.05, 0.1) is 0 Å². The van der Waals surface area contributed by atoms with Gasteiger partial charge >= 0.3 is 5.97 Å². The van der Waals surface area contributed by atoms with Gasteiger partial charge in [0.2, 0.25) is 0 Å². The summed E-state index contributed by atoms with van der Waals surface area (Å²) < 4.78 is 5.61. The summed E-state index contributed by atoms with van der Waals surface area (Å²) in [6, 6.07) is 7.60. The molecule has 136 valence electrons. The van der Waals surface area contributed by atoms with Crippen LogP contribution in [0.5, 0.6) is 0 Å². The zero-order chi connectivity index (χ0) is 18.0. The molecule has 2 atom stereocenters. The average molecular weight is 342 g/mol. The van der Waals surface area contributed by atoms with E-state index in [1.165, 1.54) is 19.3 Å². The fourth-order valence-corrected chi connectivity index (χ4v) is 4.12. The summed E-state index contributed by atoms with van der Waals surface area (Å²) in [7, 11) is 0. The van der Waals surface area contributed by atoms with Gasteiger partial charge in [-0.3, -0.25) is 4.79 Å². The third kappa shape index (κ3) is 4.06. The average Bonchev–Trinajstić information content (AvgIpc) is 2.98. The molecule has 0 amide bonds. The van der Waals surface area contributed by atoms with Crippen LogP contribution in [0.1, 0.15) is 64.4 Å². The molecule has 0 saturated heterocycles. The van der Waals surface area contributed by atoms with Crippen LogP contribution in [0.25, 0.3) is 10.9 Å². The number of hydrogen-bond acceptors (Lipinski definition) is 3. The van der Waals surface area contributed by atoms with Crippen LogP contribution in [-0.4, -0.2) is 22.6 Å². The second-order valence-corrected chi connectivity index (χ2v) is 8.27. The van der Waals surface area contributed by atoms with Gasteiger partial charge in [0.1, 0.15) is 11.6 Å². The molecule has 0 spiro atoms. The van der Waals surface area contributed by atoms with Gasteiger partial charge in [0.25, 0.3) is 0 Å². The summed E-state index contributed by atoms with van der Waals surface area (Å²) in [4.78, 5) is 16.1. The van der Waals surface area contributed by atoms with E-state index >= 15 is 0 Å². The molecule has 1 saturated carbocycles. The zero-order valence-electron chi connectivity index (χ0n) is 15.5. The van der Waals surface area contributed by atoms with E-state index in [1.54, 1.807) is 0 Å². The second-order valence-electron chi connectivity index (χ2n) is 8.27. The molecule has 1 aromatic heterocycles. The number of benzene rings is 1. The molecule has 1 aliphatic carbocycles. The van der Waals surface area contributed by atoms with Gasteiger partial charge in [-0.25, -0.2) is 0 Å². The lowest BCUT2D eigenvalue weighted by Gasteiger charge is -2.34. The van der Waals surface area contributed by atoms with E-state index in [0.717, 1.165) is 29.3 Å². The van der Waals surface area contributed by atoms with Crippen LogP contribution in [0.2, 0.25) is 0 Å². The van der Waals surface area contributed by atoms with Gasteiger partial charge in [-0.1, -0.05) is 37.5 Å². The summed E-state index contributed by atoms with van der Waals surface area (Å²) in [6.07, 6.45) is 7.99. The molecule has 4 nitrogen and oxygen atoms in total. The van der Waals surface area contributed by atoms with Crippen LogP contribution in [0.4, 0.5) is 0 Å². The highest BCUT2D eigenvalue weighted by atomic mass is 16.6. The Bertz CT molecular complexity index is 723. The van der Waals surface area contributed by atoms with Gasteiger partial charge in [0, 0.05) is 23.0 Å². The summed E-state index contributed by atoms with van der Waals surface area (Å²) >= 11 is 0. The maximum absolute atomic E-state index is 12.7. The quantitative estimate of drug-likeness (QED) is 0.804. The lowest BCUT2D eigenvalue weighted by Crippen LogP contribution is -2.44. The number of rotatable bonds is 4. The minimum absolute atomic E-state index is 0.00806. The van der Waals surface area contributed by atoms with Gasteiger partial charge in [-0.15, -0.1) is 0 Å². The summed E-state index contributed by atoms with van der Waals surface area (Å²) in [5.41, 5.74) is 8.22. The molecule has 1 aliphatic rings. The van der Waals surface area contributed by atoms with Crippen molar-refractivity contribution in [2.45, 2.75) is 70.4 Å². The van der Waals surface area contributed by atoms with E-state index in [9.17, 15) is 4.79 Å². The van der Waals surface area contributed by atoms with Crippen molar-refractivity contribution >= 4 is 16.9 Å². The van der Waals surface area contributed by atoms with E-state index in [1.807, 2.05) is 39.1 Å². The number of aromatic nitrogens is 1. The van der Waals surface area contributed by atoms with Crippen LogP contribution in [0.3, 0.4) is 0 Å². The maximum atomic E-state index is 12.7. The molecule has 4 heteroatoms. The van der Waals surface area contributed by atoms with Gasteiger partial charge in [0.15, 0.2) is 0 Å². The van der Waals surface area contributed by atoms with E-state index in [0.29, 0.717) is 5.92 Å². The van der Waals surface area contributed by atoms with E-state index in [4.69, 9.17) is 10.5 Å². The highest BCUT2D eigenvalue weighted by Gasteiger charge is 2.37. The van der Waals surface area contributed by atoms with E-state index in [2.05, 4.69) is 17.1 Å². The number of aromatic amines is 1. The van der Waals surface area contributed by atoms with Crippen LogP contribution in [0.15, 0.2) is 30.5 Å². The number of esters is 1. The smallest absolute Gasteiger partial charge is 0.324 e. The third-order valence-electron chi connectivity index (χ3n) is 5.20. The summed E-state index contributed by atoms with van der Waals surface area (Å²) in [6.45, 7) is 5.66. The number of carbonyl (C=O) groups excluding carboxylic acids is 1. The van der Waals surface area contributed by atoms with Crippen molar-refractivity contribution in [1.82, 2.24) is 4.98 Å². The molecule has 25 heavy (non-hydrogen) atoms. The Hall–Kier alpha value is -1.81. The predicted octanol–water partition coefficient (Wildman–Crippen LogP) is 4.50. The maximum Gasteiger partial charge on any atom is 0.324 e. The topological polar surface area (TPSA) is 68.1 Å². The molecular formula is C21H30N2O2. The number of fused-ring (bicyclic) bond motifs is 1. The Kier molecular flexibility index (Phi) is 5.19. The number of ether oxygens (including phenoxy) is 1. The Morgan fingerprint density at radius 2 is 1.88 bits per heavy atom. The van der Waals surface area contributed by atoms with E-state index in [-0.39, 0.29) is 11.9 Å². The van der Waals surface area contributed by atoms with Crippen molar-refractivity contribution in [2.24, 2.45) is 11.7 Å². The SMILES string of the molecule is CC(C)(C)OC(=O)[C@H](N)[C@H](c1c[nH]c2ccccc12)C1CCCCC1. The fourth-order valence-electron chi connectivity index (χ4n) is 4.12. The minimum Gasteiger partial charge on any atom is -0.459 e. The van der Waals surface area contributed by atoms with Crippen molar-refractivity contribution in [3.63, 3.8) is 0 Å². The molecule has 1 aromatic carbocycles. The van der Waals surface area contributed by atoms with Crippen LogP contribution in [-0.2, 0) is 9.53 Å². The molecule has 3 N–H and O–H groups in total. The molecule has 3 rings (SSSR count). The molecule has 1 heterocycles. The molecule has 0 aliphatic heterocycles. The van der Waals surface area contributed by atoms with Crippen molar-refractivity contribution in [3.8, 4) is 0 Å². The van der Waals surface area contributed by atoms with Crippen LogP contribution < -0.4 is 5.73 Å². The zero-order valence-corrected chi connectivity index (χ0v) is 15.5. The van der Waals surface area contributed by atoms with Gasteiger partial charge in [-0.05, 0) is 51.2 Å². The lowest BCUT2D eigenvalue weighted by atomic mass is 9.73. The molecule has 0 radical (unpaired) electrons. The fraction of sp³-hybridized carbons (Fsp3) is 0.571. The van der Waals surface area contributed by atoms with Crippen molar-refractivity contribution in [2.75, 3.05) is 0 Å². The summed E-state index contributed by atoms with van der Waals surface area (Å²) in [5, 5.41) is 1.16. The number of H-pyrrole nitrogens is 1. The first-order chi connectivity index (χ1) is 11.9. The molecular weight excluding hydrogens is 312 g/mol. The number of nitrogens with one attached hydrogen (secondary N) is 1. The minimum atomic E-state index is -0.637. The normalized spacial score (nSPS) is 18.9. The molecule has 2 aromatic rings. The first-order valence-corrected chi connectivity index (χ1v) is 9.41. The first kappa shape index (κ1) is 18.0. The Morgan fingerprint density at radius 1 is 1.20 bits per heavy atom. The van der Waals surface area contributed by atoms with Gasteiger partial charge < -0.3 is 15.5 Å². The number of hydrogen-bond donors (Lipinski definition) is 2. The number of carbonyl (C=O) groups is 1. The van der Waals surface area contributed by atoms with Crippen molar-refractivity contribution in [1.29, 1.82) is 0 Å². The Morgan fingerprint density at radius 3 is 2.56 bits per heavy atom. The molecule has 1 fully saturated rings. The second kappa shape index (κ2) is 7.20. The number of para-hydroxylation sites is 1. The van der Waals surface area contributed by atoms with Gasteiger partial charge in [-0.2, -0.15) is 0 Å². The first-order valence-electron chi connectivity index (χ1n) is 9.41. The third-order valence-corrected chi connectivity index (χ3v) is 5.20. The number of nitrogens with two attached hydrogens (primary N) is 1. The van der Waals surface area contributed by atoms with E-state index < -0.39 is 11.6 Å². The highest BCUT2D eigenvalue weighted by Crippen LogP contribution is 2.40. The Balaban J connectivity index is 1.96. The monoisotopic (exact) mass is 342 g/mol. The van der Waals surface area contributed by atoms with Crippen molar-refractivity contribution < 1.29 is 9.53 Å². The molecule has 0 unspecified atom stereocenters. The Labute approximate surface area is 150 Å². The van der Waals surface area contributed by atoms with Crippen LogP contribution >= 0.6 is 0 Å². The summed E-state index contributed by atoms with van der Waals surface area (Å²) in [5.74, 6) is 0.120.